The van der Waals surface area contributed by atoms with E-state index in [1.165, 1.54) is 12.3 Å². The molecule has 15 heavy (non-hydrogen) atoms. The first kappa shape index (κ1) is 9.33. The molecular formula is C11H8N2O2. The molecule has 0 radical (unpaired) electrons. The van der Waals surface area contributed by atoms with Crippen LogP contribution in [0.2, 0.25) is 0 Å². The predicted octanol–water partition coefficient (Wildman–Crippen LogP) is 1.00. The molecule has 0 aliphatic rings. The lowest BCUT2D eigenvalue weighted by Crippen LogP contribution is -2.18. The van der Waals surface area contributed by atoms with Crippen molar-refractivity contribution < 1.29 is 4.79 Å². The van der Waals surface area contributed by atoms with E-state index in [1.807, 2.05) is 6.07 Å². The van der Waals surface area contributed by atoms with E-state index >= 15 is 0 Å². The third-order valence-electron chi connectivity index (χ3n) is 2.01. The molecule has 0 fully saturated rings. The van der Waals surface area contributed by atoms with E-state index in [2.05, 4.69) is 10.2 Å². The Labute approximate surface area is 85.6 Å². The average molecular weight is 200 g/mol. The second-order valence-corrected chi connectivity index (χ2v) is 2.99. The highest BCUT2D eigenvalue weighted by Gasteiger charge is 2.11. The molecule has 0 bridgehead atoms. The van der Waals surface area contributed by atoms with Crippen LogP contribution < -0.4 is 5.56 Å². The van der Waals surface area contributed by atoms with Gasteiger partial charge in [-0.1, -0.05) is 30.3 Å². The van der Waals surface area contributed by atoms with E-state index in [1.54, 1.807) is 24.3 Å². The summed E-state index contributed by atoms with van der Waals surface area (Å²) in [4.78, 5) is 23.1. The van der Waals surface area contributed by atoms with Crippen LogP contribution in [-0.2, 0) is 0 Å². The first-order valence-electron chi connectivity index (χ1n) is 4.42. The molecule has 0 amide bonds. The summed E-state index contributed by atoms with van der Waals surface area (Å²) in [6.45, 7) is 0. The standard InChI is InChI=1S/C11H8N2O2/c14-10(8-4-2-1-3-5-8)9-6-7-12-13-11(9)15/h1-7H,(H,13,15). The predicted molar refractivity (Wildman–Crippen MR) is 54.7 cm³/mol. The van der Waals surface area contributed by atoms with Crippen LogP contribution in [0.25, 0.3) is 0 Å². The summed E-state index contributed by atoms with van der Waals surface area (Å²) in [6, 6.07) is 10.1. The molecule has 0 aliphatic heterocycles. The third-order valence-corrected chi connectivity index (χ3v) is 2.01. The topological polar surface area (TPSA) is 62.8 Å². The maximum Gasteiger partial charge on any atom is 0.275 e. The van der Waals surface area contributed by atoms with Crippen LogP contribution in [0.15, 0.2) is 47.4 Å². The summed E-state index contributed by atoms with van der Waals surface area (Å²) in [7, 11) is 0. The van der Waals surface area contributed by atoms with Crippen molar-refractivity contribution in [2.75, 3.05) is 0 Å². The van der Waals surface area contributed by atoms with E-state index in [-0.39, 0.29) is 11.3 Å². The molecule has 0 aliphatic carbocycles. The molecule has 1 N–H and O–H groups in total. The number of hydrogen-bond donors (Lipinski definition) is 1. The van der Waals surface area contributed by atoms with Gasteiger partial charge in [0.2, 0.25) is 0 Å². The van der Waals surface area contributed by atoms with E-state index in [0.29, 0.717) is 5.56 Å². The lowest BCUT2D eigenvalue weighted by atomic mass is 10.1. The molecule has 4 heteroatoms. The molecule has 0 atom stereocenters. The number of aromatic amines is 1. The molecule has 0 unspecified atom stereocenters. The number of rotatable bonds is 2. The van der Waals surface area contributed by atoms with Crippen molar-refractivity contribution in [3.05, 3.63) is 64.1 Å². The van der Waals surface area contributed by atoms with Gasteiger partial charge in [0, 0.05) is 11.8 Å². The van der Waals surface area contributed by atoms with Crippen molar-refractivity contribution in [3.8, 4) is 0 Å². The Morgan fingerprint density at radius 3 is 2.53 bits per heavy atom. The van der Waals surface area contributed by atoms with Crippen molar-refractivity contribution in [2.24, 2.45) is 0 Å². The number of H-pyrrole nitrogens is 1. The van der Waals surface area contributed by atoms with Gasteiger partial charge in [-0.15, -0.1) is 0 Å². The fourth-order valence-corrected chi connectivity index (χ4v) is 1.27. The van der Waals surface area contributed by atoms with E-state index < -0.39 is 5.56 Å². The highest BCUT2D eigenvalue weighted by atomic mass is 16.1. The van der Waals surface area contributed by atoms with Crippen molar-refractivity contribution >= 4 is 5.78 Å². The van der Waals surface area contributed by atoms with Crippen LogP contribution in [0.3, 0.4) is 0 Å². The summed E-state index contributed by atoms with van der Waals surface area (Å²) in [5.74, 6) is -0.292. The highest BCUT2D eigenvalue weighted by molar-refractivity contribution is 6.08. The number of aromatic nitrogens is 2. The van der Waals surface area contributed by atoms with Crippen LogP contribution >= 0.6 is 0 Å². The first-order chi connectivity index (χ1) is 7.29. The van der Waals surface area contributed by atoms with Crippen molar-refractivity contribution in [1.82, 2.24) is 10.2 Å². The van der Waals surface area contributed by atoms with Gasteiger partial charge in [-0.25, -0.2) is 5.10 Å². The summed E-state index contributed by atoms with van der Waals surface area (Å²) in [6.07, 6.45) is 1.39. The number of nitrogens with zero attached hydrogens (tertiary/aromatic N) is 1. The van der Waals surface area contributed by atoms with Gasteiger partial charge in [-0.2, -0.15) is 5.10 Å². The minimum atomic E-state index is -0.466. The normalized spacial score (nSPS) is 9.87. The lowest BCUT2D eigenvalue weighted by Gasteiger charge is -1.98. The third kappa shape index (κ3) is 1.83. The zero-order valence-corrected chi connectivity index (χ0v) is 7.81. The lowest BCUT2D eigenvalue weighted by molar-refractivity contribution is 0.103. The second kappa shape index (κ2) is 3.88. The number of ketones is 1. The van der Waals surface area contributed by atoms with Crippen LogP contribution in [0, 0.1) is 0 Å². The molecule has 0 spiro atoms. The Morgan fingerprint density at radius 1 is 1.13 bits per heavy atom. The van der Waals surface area contributed by atoms with Crippen molar-refractivity contribution in [1.29, 1.82) is 0 Å². The first-order valence-corrected chi connectivity index (χ1v) is 4.42. The molecule has 1 heterocycles. The SMILES string of the molecule is O=C(c1ccccc1)c1ccn[nH]c1=O. The molecule has 0 saturated carbocycles. The minimum absolute atomic E-state index is 0.108. The molecule has 2 aromatic rings. The molecule has 2 rings (SSSR count). The Balaban J connectivity index is 2.47. The number of benzene rings is 1. The zero-order chi connectivity index (χ0) is 10.7. The Morgan fingerprint density at radius 2 is 1.87 bits per heavy atom. The van der Waals surface area contributed by atoms with Crippen molar-refractivity contribution in [3.63, 3.8) is 0 Å². The van der Waals surface area contributed by atoms with Gasteiger partial charge in [-0.05, 0) is 6.07 Å². The van der Waals surface area contributed by atoms with Gasteiger partial charge in [0.15, 0.2) is 5.78 Å². The maximum absolute atomic E-state index is 11.8. The molecule has 1 aromatic heterocycles. The van der Waals surface area contributed by atoms with Gasteiger partial charge in [0.1, 0.15) is 0 Å². The smallest absolute Gasteiger partial charge is 0.275 e. The summed E-state index contributed by atoms with van der Waals surface area (Å²) in [5.41, 5.74) is 0.136. The molecule has 74 valence electrons. The fraction of sp³-hybridized carbons (Fsp3) is 0. The molecular weight excluding hydrogens is 192 g/mol. The summed E-state index contributed by atoms with van der Waals surface area (Å²) in [5, 5.41) is 5.76. The van der Waals surface area contributed by atoms with Crippen molar-refractivity contribution in [2.45, 2.75) is 0 Å². The van der Waals surface area contributed by atoms with E-state index in [4.69, 9.17) is 0 Å². The number of carbonyl (C=O) groups excluding carboxylic acids is 1. The largest absolute Gasteiger partial charge is 0.288 e. The van der Waals surface area contributed by atoms with Gasteiger partial charge >= 0.3 is 0 Å². The van der Waals surface area contributed by atoms with Crippen LogP contribution in [-0.4, -0.2) is 16.0 Å². The fourth-order valence-electron chi connectivity index (χ4n) is 1.27. The quantitative estimate of drug-likeness (QED) is 0.735. The van der Waals surface area contributed by atoms with Gasteiger partial charge in [0.05, 0.1) is 5.56 Å². The van der Waals surface area contributed by atoms with Crippen LogP contribution in [0.5, 0.6) is 0 Å². The van der Waals surface area contributed by atoms with E-state index in [0.717, 1.165) is 0 Å². The van der Waals surface area contributed by atoms with Gasteiger partial charge < -0.3 is 0 Å². The zero-order valence-electron chi connectivity index (χ0n) is 7.81. The van der Waals surface area contributed by atoms with Gasteiger partial charge in [-0.3, -0.25) is 9.59 Å². The van der Waals surface area contributed by atoms with E-state index in [9.17, 15) is 9.59 Å². The van der Waals surface area contributed by atoms with Gasteiger partial charge in [0.25, 0.3) is 5.56 Å². The van der Waals surface area contributed by atoms with Crippen LogP contribution in [0.4, 0.5) is 0 Å². The Bertz CT molecular complexity index is 532. The maximum atomic E-state index is 11.8. The number of nitrogens with one attached hydrogen (secondary N) is 1. The summed E-state index contributed by atoms with van der Waals surface area (Å²) < 4.78 is 0. The summed E-state index contributed by atoms with van der Waals surface area (Å²) >= 11 is 0. The molecule has 1 aromatic carbocycles. The second-order valence-electron chi connectivity index (χ2n) is 2.99. The molecule has 0 saturated heterocycles. The number of hydrogen-bond acceptors (Lipinski definition) is 3. The number of carbonyl (C=O) groups is 1. The average Bonchev–Trinajstić information content (AvgIpc) is 2.30. The minimum Gasteiger partial charge on any atom is -0.288 e. The molecule has 4 nitrogen and oxygen atoms in total. The Hall–Kier alpha value is -2.23. The Kier molecular flexibility index (Phi) is 2.41. The highest BCUT2D eigenvalue weighted by Crippen LogP contribution is 2.04. The van der Waals surface area contributed by atoms with Crippen LogP contribution in [0.1, 0.15) is 15.9 Å². The monoisotopic (exact) mass is 200 g/mol.